The first-order valence-corrected chi connectivity index (χ1v) is 10.1. The van der Waals surface area contributed by atoms with Crippen LogP contribution in [-0.2, 0) is 0 Å². The summed E-state index contributed by atoms with van der Waals surface area (Å²) in [4.78, 5) is 4.18. The number of hydrogen-bond donors (Lipinski definition) is 1. The first-order chi connectivity index (χ1) is 15.1. The average Bonchev–Trinajstić information content (AvgIpc) is 3.11. The van der Waals surface area contributed by atoms with Gasteiger partial charge in [0.1, 0.15) is 17.2 Å². The molecule has 31 heavy (non-hydrogen) atoms. The lowest BCUT2D eigenvalue weighted by atomic mass is 10.0. The Balaban J connectivity index is 1.76. The molecule has 0 aliphatic carbocycles. The number of aryl methyl sites for hydroxylation is 2. The van der Waals surface area contributed by atoms with Crippen LogP contribution in [0.2, 0.25) is 0 Å². The van der Waals surface area contributed by atoms with Crippen LogP contribution >= 0.6 is 0 Å². The molecule has 0 radical (unpaired) electrons. The number of anilines is 2. The van der Waals surface area contributed by atoms with Gasteiger partial charge in [0, 0.05) is 22.8 Å². The second-order valence-corrected chi connectivity index (χ2v) is 7.53. The monoisotopic (exact) mass is 408 g/mol. The van der Waals surface area contributed by atoms with Crippen LogP contribution in [0.5, 0.6) is 0 Å². The third-order valence-corrected chi connectivity index (χ3v) is 5.41. The number of nitrogens with zero attached hydrogens (tertiary/aromatic N) is 3. The Kier molecular flexibility index (Phi) is 4.71. The summed E-state index contributed by atoms with van der Waals surface area (Å²) in [5.74, 6) is 0.447. The molecular weight excluding hydrogens is 387 g/mol. The second kappa shape index (κ2) is 7.69. The van der Waals surface area contributed by atoms with Crippen LogP contribution in [0.15, 0.2) is 85.1 Å². The number of aromatic nitrogens is 3. The van der Waals surface area contributed by atoms with Crippen molar-refractivity contribution in [1.82, 2.24) is 14.8 Å². The zero-order valence-electron chi connectivity index (χ0n) is 17.3. The van der Waals surface area contributed by atoms with Gasteiger partial charge in [-0.05, 0) is 61.4 Å². The quantitative estimate of drug-likeness (QED) is 0.365. The highest BCUT2D eigenvalue weighted by Gasteiger charge is 2.20. The minimum absolute atomic E-state index is 0.346. The Hall–Kier alpha value is -3.99. The van der Waals surface area contributed by atoms with Gasteiger partial charge in [0.25, 0.3) is 0 Å². The summed E-state index contributed by atoms with van der Waals surface area (Å²) < 4.78 is 16.8. The van der Waals surface area contributed by atoms with Gasteiger partial charge in [-0.25, -0.2) is 9.07 Å². The van der Waals surface area contributed by atoms with Crippen molar-refractivity contribution in [3.63, 3.8) is 0 Å². The third kappa shape index (κ3) is 3.44. The van der Waals surface area contributed by atoms with E-state index in [1.807, 2.05) is 78.3 Å². The summed E-state index contributed by atoms with van der Waals surface area (Å²) in [6, 6.07) is 25.2. The molecule has 5 aromatic rings. The van der Waals surface area contributed by atoms with Crippen molar-refractivity contribution in [2.75, 3.05) is 5.32 Å². The van der Waals surface area contributed by atoms with Gasteiger partial charge < -0.3 is 5.32 Å². The number of halogens is 1. The second-order valence-electron chi connectivity index (χ2n) is 7.53. The van der Waals surface area contributed by atoms with Crippen LogP contribution in [0.4, 0.5) is 15.9 Å². The number of fused-ring (bicyclic) bond motifs is 1. The summed E-state index contributed by atoms with van der Waals surface area (Å²) >= 11 is 0. The molecule has 0 aliphatic rings. The Morgan fingerprint density at radius 2 is 1.65 bits per heavy atom. The Morgan fingerprint density at radius 1 is 0.871 bits per heavy atom. The van der Waals surface area contributed by atoms with Gasteiger partial charge in [-0.3, -0.25) is 4.98 Å². The maximum Gasteiger partial charge on any atom is 0.150 e. The average molecular weight is 408 g/mol. The molecule has 0 saturated carbocycles. The van der Waals surface area contributed by atoms with Crippen LogP contribution in [0.25, 0.3) is 27.7 Å². The smallest absolute Gasteiger partial charge is 0.150 e. The van der Waals surface area contributed by atoms with Crippen molar-refractivity contribution in [2.24, 2.45) is 0 Å². The van der Waals surface area contributed by atoms with Crippen molar-refractivity contribution in [1.29, 1.82) is 0 Å². The van der Waals surface area contributed by atoms with Crippen molar-refractivity contribution in [3.8, 4) is 16.8 Å². The molecule has 0 bridgehead atoms. The van der Waals surface area contributed by atoms with Crippen molar-refractivity contribution in [2.45, 2.75) is 13.8 Å². The minimum Gasteiger partial charge on any atom is -0.339 e. The standard InChI is InChI=1S/C26H21FN4/c1-17-9-6-7-13-23(17)29-26-24(18(2)30-31(26)21-11-4-3-5-12-21)20-15-19-10-8-14-28-25(19)22(27)16-20/h3-16,29H,1-2H3. The third-order valence-electron chi connectivity index (χ3n) is 5.41. The zero-order chi connectivity index (χ0) is 21.4. The van der Waals surface area contributed by atoms with Gasteiger partial charge in [0.15, 0.2) is 0 Å². The molecule has 4 nitrogen and oxygen atoms in total. The molecular formula is C26H21FN4. The van der Waals surface area contributed by atoms with Gasteiger partial charge in [0.2, 0.25) is 0 Å². The lowest BCUT2D eigenvalue weighted by Crippen LogP contribution is -2.04. The van der Waals surface area contributed by atoms with E-state index in [9.17, 15) is 4.39 Å². The molecule has 0 atom stereocenters. The van der Waals surface area contributed by atoms with E-state index in [0.717, 1.165) is 45.0 Å². The fourth-order valence-electron chi connectivity index (χ4n) is 3.88. The summed E-state index contributed by atoms with van der Waals surface area (Å²) in [6.07, 6.45) is 1.61. The molecule has 0 aliphatic heterocycles. The number of pyridine rings is 1. The fraction of sp³-hybridized carbons (Fsp3) is 0.0769. The van der Waals surface area contributed by atoms with E-state index in [4.69, 9.17) is 5.10 Å². The number of hydrogen-bond acceptors (Lipinski definition) is 3. The molecule has 0 spiro atoms. The Morgan fingerprint density at radius 3 is 2.45 bits per heavy atom. The highest BCUT2D eigenvalue weighted by molar-refractivity contribution is 5.89. The minimum atomic E-state index is -0.346. The molecule has 3 aromatic carbocycles. The lowest BCUT2D eigenvalue weighted by Gasteiger charge is -2.15. The maximum atomic E-state index is 14.9. The molecule has 0 unspecified atom stereocenters. The molecule has 5 rings (SSSR count). The van der Waals surface area contributed by atoms with E-state index in [1.165, 1.54) is 6.07 Å². The van der Waals surface area contributed by atoms with Crippen molar-refractivity contribution >= 4 is 22.4 Å². The number of nitrogens with one attached hydrogen (secondary N) is 1. The van der Waals surface area contributed by atoms with Gasteiger partial charge in [0.05, 0.1) is 11.4 Å². The first-order valence-electron chi connectivity index (χ1n) is 10.1. The predicted molar refractivity (Wildman–Crippen MR) is 123 cm³/mol. The van der Waals surface area contributed by atoms with Crippen LogP contribution in [-0.4, -0.2) is 14.8 Å². The predicted octanol–water partition coefficient (Wildman–Crippen LogP) is 6.59. The molecule has 0 fully saturated rings. The Bertz CT molecular complexity index is 1390. The number of rotatable bonds is 4. The Labute approximate surface area is 180 Å². The highest BCUT2D eigenvalue weighted by atomic mass is 19.1. The molecule has 2 aromatic heterocycles. The summed E-state index contributed by atoms with van der Waals surface area (Å²) in [5, 5.41) is 9.12. The van der Waals surface area contributed by atoms with Crippen LogP contribution in [0, 0.1) is 19.7 Å². The molecule has 2 heterocycles. The SMILES string of the molecule is Cc1ccccc1Nc1c(-c2cc(F)c3ncccc3c2)c(C)nn1-c1ccccc1. The van der Waals surface area contributed by atoms with Crippen LogP contribution in [0.1, 0.15) is 11.3 Å². The van der Waals surface area contributed by atoms with E-state index < -0.39 is 0 Å². The van der Waals surface area contributed by atoms with E-state index in [1.54, 1.807) is 6.20 Å². The molecule has 152 valence electrons. The molecule has 0 amide bonds. The number of para-hydroxylation sites is 2. The van der Waals surface area contributed by atoms with Gasteiger partial charge in [-0.15, -0.1) is 0 Å². The topological polar surface area (TPSA) is 42.7 Å². The van der Waals surface area contributed by atoms with Crippen molar-refractivity contribution < 1.29 is 4.39 Å². The number of benzene rings is 3. The van der Waals surface area contributed by atoms with E-state index in [-0.39, 0.29) is 5.82 Å². The van der Waals surface area contributed by atoms with E-state index in [2.05, 4.69) is 23.3 Å². The lowest BCUT2D eigenvalue weighted by molar-refractivity contribution is 0.637. The summed E-state index contributed by atoms with van der Waals surface area (Å²) in [5.41, 5.74) is 5.81. The van der Waals surface area contributed by atoms with Crippen LogP contribution < -0.4 is 5.32 Å². The molecule has 1 N–H and O–H groups in total. The summed E-state index contributed by atoms with van der Waals surface area (Å²) in [7, 11) is 0. The van der Waals surface area contributed by atoms with E-state index >= 15 is 0 Å². The van der Waals surface area contributed by atoms with Gasteiger partial charge in [-0.2, -0.15) is 5.10 Å². The maximum absolute atomic E-state index is 14.9. The zero-order valence-corrected chi connectivity index (χ0v) is 17.3. The van der Waals surface area contributed by atoms with Crippen LogP contribution in [0.3, 0.4) is 0 Å². The molecule has 0 saturated heterocycles. The van der Waals surface area contributed by atoms with E-state index in [0.29, 0.717) is 5.52 Å². The van der Waals surface area contributed by atoms with Crippen molar-refractivity contribution in [3.05, 3.63) is 102 Å². The normalized spacial score (nSPS) is 11.1. The van der Waals surface area contributed by atoms with Gasteiger partial charge >= 0.3 is 0 Å². The summed E-state index contributed by atoms with van der Waals surface area (Å²) in [6.45, 7) is 4.00. The first kappa shape index (κ1) is 19.0. The highest BCUT2D eigenvalue weighted by Crippen LogP contribution is 2.37. The molecule has 5 heteroatoms. The fourth-order valence-corrected chi connectivity index (χ4v) is 3.88. The van der Waals surface area contributed by atoms with Gasteiger partial charge in [-0.1, -0.05) is 42.5 Å². The largest absolute Gasteiger partial charge is 0.339 e.